The second-order valence-electron chi connectivity index (χ2n) is 4.26. The van der Waals surface area contributed by atoms with Gasteiger partial charge in [-0.1, -0.05) is 0 Å². The minimum absolute atomic E-state index is 0.158. The summed E-state index contributed by atoms with van der Waals surface area (Å²) in [5.41, 5.74) is 0.353. The van der Waals surface area contributed by atoms with Crippen molar-refractivity contribution in [1.82, 2.24) is 9.78 Å². The van der Waals surface area contributed by atoms with Crippen LogP contribution in [0.1, 0.15) is 25.8 Å². The van der Waals surface area contributed by atoms with E-state index in [-0.39, 0.29) is 6.10 Å². The molecular formula is C11H20N2O2. The Morgan fingerprint density at radius 1 is 1.67 bits per heavy atom. The van der Waals surface area contributed by atoms with E-state index in [0.717, 1.165) is 12.0 Å². The summed E-state index contributed by atoms with van der Waals surface area (Å²) in [6, 6.07) is 0. The number of aromatic nitrogens is 2. The molecule has 1 heterocycles. The van der Waals surface area contributed by atoms with Crippen molar-refractivity contribution in [1.29, 1.82) is 0 Å². The minimum Gasteiger partial charge on any atom is -0.387 e. The Morgan fingerprint density at radius 2 is 2.33 bits per heavy atom. The quantitative estimate of drug-likeness (QED) is 0.796. The van der Waals surface area contributed by atoms with Crippen LogP contribution in [-0.2, 0) is 18.2 Å². The van der Waals surface area contributed by atoms with Gasteiger partial charge in [0.05, 0.1) is 17.9 Å². The highest BCUT2D eigenvalue weighted by Crippen LogP contribution is 2.19. The van der Waals surface area contributed by atoms with E-state index in [0.29, 0.717) is 6.42 Å². The summed E-state index contributed by atoms with van der Waals surface area (Å²) in [4.78, 5) is 0. The molecule has 4 nitrogen and oxygen atoms in total. The highest BCUT2D eigenvalue weighted by atomic mass is 16.5. The van der Waals surface area contributed by atoms with Crippen LogP contribution < -0.4 is 0 Å². The lowest BCUT2D eigenvalue weighted by Crippen LogP contribution is -2.38. The minimum atomic E-state index is -0.787. The summed E-state index contributed by atoms with van der Waals surface area (Å²) in [5.74, 6) is 0. The van der Waals surface area contributed by atoms with Crippen molar-refractivity contribution in [2.24, 2.45) is 7.05 Å². The molecular weight excluding hydrogens is 192 g/mol. The van der Waals surface area contributed by atoms with Crippen molar-refractivity contribution in [3.8, 4) is 0 Å². The molecule has 0 fully saturated rings. The number of hydrogen-bond donors (Lipinski definition) is 1. The van der Waals surface area contributed by atoms with Crippen molar-refractivity contribution in [3.63, 3.8) is 0 Å². The molecule has 0 aliphatic carbocycles. The van der Waals surface area contributed by atoms with Crippen LogP contribution in [0.4, 0.5) is 0 Å². The van der Waals surface area contributed by atoms with Crippen LogP contribution in [0.3, 0.4) is 0 Å². The van der Waals surface area contributed by atoms with Crippen LogP contribution in [0.25, 0.3) is 0 Å². The van der Waals surface area contributed by atoms with Gasteiger partial charge in [0.15, 0.2) is 0 Å². The van der Waals surface area contributed by atoms with E-state index >= 15 is 0 Å². The van der Waals surface area contributed by atoms with Gasteiger partial charge in [-0.25, -0.2) is 0 Å². The van der Waals surface area contributed by atoms with Gasteiger partial charge in [-0.3, -0.25) is 4.68 Å². The molecule has 0 saturated heterocycles. The lowest BCUT2D eigenvalue weighted by atomic mass is 9.93. The Bertz CT molecular complexity index is 307. The monoisotopic (exact) mass is 212 g/mol. The lowest BCUT2D eigenvalue weighted by molar-refractivity contribution is -0.0766. The average Bonchev–Trinajstić information content (AvgIpc) is 2.60. The largest absolute Gasteiger partial charge is 0.387 e. The number of rotatable bonds is 5. The first-order valence-electron chi connectivity index (χ1n) is 5.18. The number of nitrogens with zero attached hydrogens (tertiary/aromatic N) is 2. The summed E-state index contributed by atoms with van der Waals surface area (Å²) in [6.45, 7) is 3.68. The highest BCUT2D eigenvalue weighted by molar-refractivity contribution is 5.04. The molecule has 2 atom stereocenters. The first-order valence-corrected chi connectivity index (χ1v) is 5.18. The SMILES string of the molecule is COC(C)C(C)(O)CCc1cnn(C)c1. The van der Waals surface area contributed by atoms with Crippen LogP contribution >= 0.6 is 0 Å². The van der Waals surface area contributed by atoms with Crippen molar-refractivity contribution in [3.05, 3.63) is 18.0 Å². The molecule has 0 radical (unpaired) electrons. The van der Waals surface area contributed by atoms with Gasteiger partial charge in [0.25, 0.3) is 0 Å². The van der Waals surface area contributed by atoms with Gasteiger partial charge in [0, 0.05) is 20.4 Å². The van der Waals surface area contributed by atoms with E-state index in [4.69, 9.17) is 4.74 Å². The first kappa shape index (κ1) is 12.2. The third-order valence-electron chi connectivity index (χ3n) is 2.91. The molecule has 0 aliphatic rings. The number of hydrogen-bond acceptors (Lipinski definition) is 3. The molecule has 1 aromatic heterocycles. The molecule has 0 aromatic carbocycles. The third-order valence-corrected chi connectivity index (χ3v) is 2.91. The molecule has 0 saturated carbocycles. The van der Waals surface area contributed by atoms with Gasteiger partial charge in [-0.15, -0.1) is 0 Å². The zero-order valence-corrected chi connectivity index (χ0v) is 9.90. The second-order valence-corrected chi connectivity index (χ2v) is 4.26. The van der Waals surface area contributed by atoms with E-state index in [9.17, 15) is 5.11 Å². The first-order chi connectivity index (χ1) is 6.95. The fourth-order valence-corrected chi connectivity index (χ4v) is 1.46. The van der Waals surface area contributed by atoms with E-state index < -0.39 is 5.60 Å². The summed E-state index contributed by atoms with van der Waals surface area (Å²) in [7, 11) is 3.50. The van der Waals surface area contributed by atoms with Crippen molar-refractivity contribution in [2.45, 2.75) is 38.4 Å². The van der Waals surface area contributed by atoms with E-state index in [2.05, 4.69) is 5.10 Å². The normalized spacial score (nSPS) is 17.4. The fourth-order valence-electron chi connectivity index (χ4n) is 1.46. The summed E-state index contributed by atoms with van der Waals surface area (Å²) in [6.07, 6.45) is 5.12. The van der Waals surface area contributed by atoms with Crippen LogP contribution in [0.2, 0.25) is 0 Å². The van der Waals surface area contributed by atoms with E-state index in [1.54, 1.807) is 18.7 Å². The Kier molecular flexibility index (Phi) is 3.88. The number of ether oxygens (including phenoxy) is 1. The molecule has 15 heavy (non-hydrogen) atoms. The Hall–Kier alpha value is -0.870. The van der Waals surface area contributed by atoms with Crippen LogP contribution in [0.5, 0.6) is 0 Å². The van der Waals surface area contributed by atoms with Gasteiger partial charge in [0.2, 0.25) is 0 Å². The van der Waals surface area contributed by atoms with Crippen molar-refractivity contribution < 1.29 is 9.84 Å². The molecule has 1 rings (SSSR count). The van der Waals surface area contributed by atoms with Gasteiger partial charge >= 0.3 is 0 Å². The van der Waals surface area contributed by atoms with Gasteiger partial charge in [-0.2, -0.15) is 5.10 Å². The summed E-state index contributed by atoms with van der Waals surface area (Å²) < 4.78 is 6.91. The smallest absolute Gasteiger partial charge is 0.0880 e. The van der Waals surface area contributed by atoms with Crippen LogP contribution in [0, 0.1) is 0 Å². The molecule has 86 valence electrons. The zero-order chi connectivity index (χ0) is 11.5. The predicted molar refractivity (Wildman–Crippen MR) is 58.6 cm³/mol. The van der Waals surface area contributed by atoms with Crippen LogP contribution in [-0.4, -0.2) is 33.7 Å². The maximum Gasteiger partial charge on any atom is 0.0880 e. The molecule has 1 N–H and O–H groups in total. The maximum absolute atomic E-state index is 10.1. The van der Waals surface area contributed by atoms with Gasteiger partial charge in [-0.05, 0) is 32.3 Å². The molecule has 0 bridgehead atoms. The van der Waals surface area contributed by atoms with Gasteiger partial charge < -0.3 is 9.84 Å². The Balaban J connectivity index is 2.49. The third kappa shape index (κ3) is 3.32. The molecule has 4 heteroatoms. The molecule has 2 unspecified atom stereocenters. The van der Waals surface area contributed by atoms with Crippen LogP contribution in [0.15, 0.2) is 12.4 Å². The molecule has 1 aromatic rings. The van der Waals surface area contributed by atoms with E-state index in [1.165, 1.54) is 0 Å². The lowest BCUT2D eigenvalue weighted by Gasteiger charge is -2.28. The number of methoxy groups -OCH3 is 1. The zero-order valence-electron chi connectivity index (χ0n) is 9.90. The second kappa shape index (κ2) is 4.77. The number of aliphatic hydroxyl groups is 1. The summed E-state index contributed by atoms with van der Waals surface area (Å²) in [5, 5.41) is 14.2. The average molecular weight is 212 g/mol. The van der Waals surface area contributed by atoms with E-state index in [1.807, 2.05) is 26.4 Å². The maximum atomic E-state index is 10.1. The Labute approximate surface area is 90.9 Å². The fraction of sp³-hybridized carbons (Fsp3) is 0.727. The standard InChI is InChI=1S/C11H20N2O2/c1-9(15-4)11(2,14)6-5-10-7-12-13(3)8-10/h7-9,14H,5-6H2,1-4H3. The predicted octanol–water partition coefficient (Wildman–Crippen LogP) is 1.14. The Morgan fingerprint density at radius 3 is 2.80 bits per heavy atom. The van der Waals surface area contributed by atoms with Gasteiger partial charge in [0.1, 0.15) is 0 Å². The topological polar surface area (TPSA) is 47.3 Å². The van der Waals surface area contributed by atoms with Crippen molar-refractivity contribution >= 4 is 0 Å². The van der Waals surface area contributed by atoms with Crippen molar-refractivity contribution in [2.75, 3.05) is 7.11 Å². The highest BCUT2D eigenvalue weighted by Gasteiger charge is 2.27. The molecule has 0 aliphatic heterocycles. The molecule has 0 amide bonds. The molecule has 0 spiro atoms. The summed E-state index contributed by atoms with van der Waals surface area (Å²) >= 11 is 0. The number of aryl methyl sites for hydroxylation is 2.